The average molecular weight is 577 g/mol. The summed E-state index contributed by atoms with van der Waals surface area (Å²) in [6.07, 6.45) is 1.76. The Bertz CT molecular complexity index is 1560. The number of anilines is 1. The zero-order valence-corrected chi connectivity index (χ0v) is 23.9. The number of para-hydroxylation sites is 1. The summed E-state index contributed by atoms with van der Waals surface area (Å²) >= 11 is 12.5. The SMILES string of the molecule is COCCOc1ccc(N2C(=S)NC(c3ccccn3)C2c2cc(C)n(-c3ccccc3C(=O)O)c2C)cc1Cl. The van der Waals surface area contributed by atoms with Crippen molar-refractivity contribution in [3.63, 3.8) is 0 Å². The van der Waals surface area contributed by atoms with Gasteiger partial charge in [0.1, 0.15) is 12.4 Å². The van der Waals surface area contributed by atoms with Crippen molar-refractivity contribution in [2.75, 3.05) is 25.2 Å². The number of aromatic nitrogens is 2. The Morgan fingerprint density at radius 3 is 2.58 bits per heavy atom. The molecule has 2 atom stereocenters. The molecular weight excluding hydrogens is 548 g/mol. The maximum absolute atomic E-state index is 12.1. The molecule has 2 N–H and O–H groups in total. The normalized spacial score (nSPS) is 16.7. The van der Waals surface area contributed by atoms with E-state index >= 15 is 0 Å². The van der Waals surface area contributed by atoms with Gasteiger partial charge in [0.2, 0.25) is 0 Å². The van der Waals surface area contributed by atoms with E-state index in [-0.39, 0.29) is 17.6 Å². The van der Waals surface area contributed by atoms with E-state index in [2.05, 4.69) is 16.4 Å². The van der Waals surface area contributed by atoms with E-state index in [1.807, 2.05) is 71.8 Å². The summed E-state index contributed by atoms with van der Waals surface area (Å²) in [4.78, 5) is 18.7. The number of ether oxygens (including phenoxy) is 2. The molecule has 4 aromatic rings. The molecule has 2 aromatic heterocycles. The first-order valence-corrected chi connectivity index (χ1v) is 13.5. The lowest BCUT2D eigenvalue weighted by molar-refractivity contribution is 0.0697. The fourth-order valence-corrected chi connectivity index (χ4v) is 5.82. The summed E-state index contributed by atoms with van der Waals surface area (Å²) in [6.45, 7) is 4.80. The van der Waals surface area contributed by atoms with Gasteiger partial charge < -0.3 is 29.4 Å². The zero-order valence-electron chi connectivity index (χ0n) is 22.3. The minimum absolute atomic E-state index is 0.227. The number of aryl methyl sites for hydroxylation is 1. The second-order valence-corrected chi connectivity index (χ2v) is 10.2. The van der Waals surface area contributed by atoms with Crippen LogP contribution in [0.3, 0.4) is 0 Å². The van der Waals surface area contributed by atoms with Crippen molar-refractivity contribution in [1.29, 1.82) is 0 Å². The van der Waals surface area contributed by atoms with Gasteiger partial charge in [0.05, 0.1) is 40.7 Å². The highest BCUT2D eigenvalue weighted by Crippen LogP contribution is 2.45. The molecule has 0 spiro atoms. The number of thiocarbonyl (C=S) groups is 1. The number of methoxy groups -OCH3 is 1. The van der Waals surface area contributed by atoms with Gasteiger partial charge in [-0.1, -0.05) is 29.8 Å². The molecule has 5 rings (SSSR count). The molecule has 3 heterocycles. The van der Waals surface area contributed by atoms with Crippen molar-refractivity contribution in [3.8, 4) is 11.4 Å². The summed E-state index contributed by atoms with van der Waals surface area (Å²) in [6, 6.07) is 19.9. The zero-order chi connectivity index (χ0) is 28.4. The highest BCUT2D eigenvalue weighted by atomic mass is 35.5. The Kier molecular flexibility index (Phi) is 8.07. The van der Waals surface area contributed by atoms with Crippen LogP contribution in [0.2, 0.25) is 5.02 Å². The molecule has 0 saturated carbocycles. The molecule has 0 amide bonds. The van der Waals surface area contributed by atoms with Gasteiger partial charge in [-0.3, -0.25) is 4.98 Å². The van der Waals surface area contributed by atoms with Crippen LogP contribution in [0, 0.1) is 13.8 Å². The van der Waals surface area contributed by atoms with E-state index in [1.165, 1.54) is 0 Å². The second-order valence-electron chi connectivity index (χ2n) is 9.44. The summed E-state index contributed by atoms with van der Waals surface area (Å²) in [7, 11) is 1.62. The fourth-order valence-electron chi connectivity index (χ4n) is 5.25. The van der Waals surface area contributed by atoms with Crippen LogP contribution in [0.5, 0.6) is 5.75 Å². The number of benzene rings is 2. The standard InChI is InChI=1S/C30H29ClN4O4S/c1-18-16-22(19(2)34(18)25-10-5-4-8-21(25)29(36)37)28-27(24-9-6-7-13-32-24)33-30(40)35(28)20-11-12-26(23(31)17-20)39-15-14-38-3/h4-13,16-17,27-28H,14-15H2,1-3H3,(H,33,40)(H,36,37). The van der Waals surface area contributed by atoms with Crippen molar-refractivity contribution in [1.82, 2.24) is 14.9 Å². The molecule has 1 fully saturated rings. The number of carbonyl (C=O) groups is 1. The molecule has 1 aliphatic heterocycles. The van der Waals surface area contributed by atoms with Gasteiger partial charge in [0.15, 0.2) is 5.11 Å². The Hall–Kier alpha value is -3.92. The van der Waals surface area contributed by atoms with Gasteiger partial charge in [-0.25, -0.2) is 4.79 Å². The quantitative estimate of drug-likeness (QED) is 0.184. The Balaban J connectivity index is 1.63. The highest BCUT2D eigenvalue weighted by Gasteiger charge is 2.42. The first-order chi connectivity index (χ1) is 19.3. The third-order valence-corrected chi connectivity index (χ3v) is 7.61. The number of hydrogen-bond acceptors (Lipinski definition) is 5. The molecule has 8 nitrogen and oxygen atoms in total. The summed E-state index contributed by atoms with van der Waals surface area (Å²) in [5.41, 5.74) is 5.24. The molecule has 206 valence electrons. The predicted octanol–water partition coefficient (Wildman–Crippen LogP) is 6.04. The number of nitrogens with one attached hydrogen (secondary N) is 1. The minimum atomic E-state index is -0.983. The van der Waals surface area contributed by atoms with Gasteiger partial charge in [-0.15, -0.1) is 0 Å². The fraction of sp³-hybridized carbons (Fsp3) is 0.233. The Morgan fingerprint density at radius 2 is 1.88 bits per heavy atom. The highest BCUT2D eigenvalue weighted by molar-refractivity contribution is 7.80. The average Bonchev–Trinajstić information content (AvgIpc) is 3.44. The van der Waals surface area contributed by atoms with Gasteiger partial charge in [0, 0.05) is 30.4 Å². The van der Waals surface area contributed by atoms with E-state index in [1.54, 1.807) is 25.4 Å². The second kappa shape index (κ2) is 11.7. The number of carboxylic acids is 1. The lowest BCUT2D eigenvalue weighted by Crippen LogP contribution is -2.29. The molecular formula is C30H29ClN4O4S. The van der Waals surface area contributed by atoms with E-state index in [4.69, 9.17) is 33.3 Å². The summed E-state index contributed by atoms with van der Waals surface area (Å²) in [5, 5.41) is 14.3. The van der Waals surface area contributed by atoms with Gasteiger partial charge in [-0.05, 0) is 80.2 Å². The molecule has 0 bridgehead atoms. The maximum atomic E-state index is 12.1. The molecule has 1 saturated heterocycles. The van der Waals surface area contributed by atoms with E-state index in [0.717, 1.165) is 28.3 Å². The van der Waals surface area contributed by atoms with Gasteiger partial charge >= 0.3 is 5.97 Å². The molecule has 2 unspecified atom stereocenters. The topological polar surface area (TPSA) is 88.9 Å². The summed E-state index contributed by atoms with van der Waals surface area (Å²) < 4.78 is 12.8. The Morgan fingerprint density at radius 1 is 1.10 bits per heavy atom. The van der Waals surface area contributed by atoms with Gasteiger partial charge in [-0.2, -0.15) is 0 Å². The van der Waals surface area contributed by atoms with Crippen molar-refractivity contribution in [2.24, 2.45) is 0 Å². The molecule has 40 heavy (non-hydrogen) atoms. The lowest BCUT2D eigenvalue weighted by atomic mass is 9.96. The van der Waals surface area contributed by atoms with E-state index in [9.17, 15) is 9.90 Å². The number of halogens is 1. The molecule has 0 aliphatic carbocycles. The molecule has 1 aliphatic rings. The number of pyridine rings is 1. The van der Waals surface area contributed by atoms with Crippen LogP contribution >= 0.6 is 23.8 Å². The maximum Gasteiger partial charge on any atom is 0.337 e. The number of carboxylic acid groups (broad SMARTS) is 1. The van der Waals surface area contributed by atoms with Crippen LogP contribution in [0.1, 0.15) is 45.1 Å². The molecule has 0 radical (unpaired) electrons. The predicted molar refractivity (Wildman–Crippen MR) is 159 cm³/mol. The Labute approximate surface area is 243 Å². The van der Waals surface area contributed by atoms with Crippen LogP contribution in [0.4, 0.5) is 5.69 Å². The smallest absolute Gasteiger partial charge is 0.337 e. The number of rotatable bonds is 9. The third-order valence-electron chi connectivity index (χ3n) is 7.00. The minimum Gasteiger partial charge on any atom is -0.490 e. The van der Waals surface area contributed by atoms with Gasteiger partial charge in [0.25, 0.3) is 0 Å². The lowest BCUT2D eigenvalue weighted by Gasteiger charge is -2.28. The molecule has 2 aromatic carbocycles. The van der Waals surface area contributed by atoms with Crippen molar-refractivity contribution in [2.45, 2.75) is 25.9 Å². The number of aromatic carboxylic acids is 1. The van der Waals surface area contributed by atoms with Crippen molar-refractivity contribution in [3.05, 3.63) is 106 Å². The number of nitrogens with zero attached hydrogens (tertiary/aromatic N) is 3. The van der Waals surface area contributed by atoms with Crippen LogP contribution in [0.15, 0.2) is 72.9 Å². The van der Waals surface area contributed by atoms with Crippen LogP contribution in [-0.2, 0) is 4.74 Å². The first kappa shape index (κ1) is 27.6. The third kappa shape index (κ3) is 5.15. The monoisotopic (exact) mass is 576 g/mol. The van der Waals surface area contributed by atoms with E-state index < -0.39 is 5.97 Å². The van der Waals surface area contributed by atoms with Crippen LogP contribution < -0.4 is 15.0 Å². The van der Waals surface area contributed by atoms with Crippen molar-refractivity contribution >= 4 is 40.6 Å². The molecule has 10 heteroatoms. The van der Waals surface area contributed by atoms with Crippen LogP contribution in [0.25, 0.3) is 5.69 Å². The first-order valence-electron chi connectivity index (χ1n) is 12.7. The largest absolute Gasteiger partial charge is 0.490 e. The van der Waals surface area contributed by atoms with E-state index in [0.29, 0.717) is 34.8 Å². The van der Waals surface area contributed by atoms with Crippen LogP contribution in [-0.4, -0.2) is 46.1 Å². The number of hydrogen-bond donors (Lipinski definition) is 2. The van der Waals surface area contributed by atoms with Crippen molar-refractivity contribution < 1.29 is 19.4 Å². The summed E-state index contributed by atoms with van der Waals surface area (Å²) in [5.74, 6) is -0.425.